The molecule has 0 bridgehead atoms. The van der Waals surface area contributed by atoms with Crippen molar-refractivity contribution in [2.75, 3.05) is 26.2 Å². The molecule has 0 unspecified atom stereocenters. The van der Waals surface area contributed by atoms with Gasteiger partial charge in [0, 0.05) is 29.9 Å². The fraction of sp³-hybridized carbons (Fsp3) is 0.500. The molecule has 0 aliphatic carbocycles. The van der Waals surface area contributed by atoms with Crippen LogP contribution in [0.15, 0.2) is 41.3 Å². The second-order valence-corrected chi connectivity index (χ2v) is 9.88. The van der Waals surface area contributed by atoms with E-state index in [4.69, 9.17) is 10.5 Å². The minimum absolute atomic E-state index is 0.202. The molecule has 4 rings (SSSR count). The van der Waals surface area contributed by atoms with Crippen molar-refractivity contribution < 1.29 is 17.9 Å². The molecule has 162 valence electrons. The van der Waals surface area contributed by atoms with E-state index in [-0.39, 0.29) is 18.0 Å². The Bertz CT molecular complexity index is 1030. The molecule has 2 N–H and O–H groups in total. The van der Waals surface area contributed by atoms with Crippen LogP contribution in [0.5, 0.6) is 5.75 Å². The zero-order valence-corrected chi connectivity index (χ0v) is 18.1. The Morgan fingerprint density at radius 2 is 1.77 bits per heavy atom. The summed E-state index contributed by atoms with van der Waals surface area (Å²) < 4.78 is 34.2. The smallest absolute Gasteiger partial charge is 0.243 e. The van der Waals surface area contributed by atoms with E-state index in [1.807, 2.05) is 31.2 Å². The number of ether oxygens (including phenoxy) is 1. The van der Waals surface area contributed by atoms with Crippen LogP contribution in [-0.2, 0) is 14.8 Å². The first-order chi connectivity index (χ1) is 14.4. The second-order valence-electron chi connectivity index (χ2n) is 7.97. The van der Waals surface area contributed by atoms with E-state index in [1.54, 1.807) is 16.4 Å². The van der Waals surface area contributed by atoms with Crippen LogP contribution >= 0.6 is 0 Å². The van der Waals surface area contributed by atoms with E-state index >= 15 is 0 Å². The topological polar surface area (TPSA) is 92.9 Å². The predicted octanol–water partition coefficient (Wildman–Crippen LogP) is 2.34. The Labute approximate surface area is 177 Å². The molecule has 8 heteroatoms. The molecule has 2 aromatic carbocycles. The van der Waals surface area contributed by atoms with Crippen molar-refractivity contribution in [1.82, 2.24) is 9.21 Å². The summed E-state index contributed by atoms with van der Waals surface area (Å²) in [6, 6.07) is 10.8. The highest BCUT2D eigenvalue weighted by Crippen LogP contribution is 2.34. The van der Waals surface area contributed by atoms with Crippen LogP contribution in [0, 0.1) is 0 Å². The number of nitrogens with zero attached hydrogens (tertiary/aromatic N) is 2. The lowest BCUT2D eigenvalue weighted by Crippen LogP contribution is -2.51. The van der Waals surface area contributed by atoms with Gasteiger partial charge in [0.1, 0.15) is 5.75 Å². The van der Waals surface area contributed by atoms with Crippen molar-refractivity contribution in [1.29, 1.82) is 0 Å². The summed E-state index contributed by atoms with van der Waals surface area (Å²) in [5.74, 6) is 0.417. The highest BCUT2D eigenvalue weighted by atomic mass is 32.2. The lowest BCUT2D eigenvalue weighted by molar-refractivity contribution is -0.123. The zero-order valence-electron chi connectivity index (χ0n) is 17.3. The maximum absolute atomic E-state index is 13.5. The monoisotopic (exact) mass is 431 g/mol. The Morgan fingerprint density at radius 1 is 1.07 bits per heavy atom. The number of sulfonamides is 1. The van der Waals surface area contributed by atoms with Gasteiger partial charge in [-0.25, -0.2) is 8.42 Å². The molecule has 0 spiro atoms. The number of amides is 1. The molecule has 2 heterocycles. The summed E-state index contributed by atoms with van der Waals surface area (Å²) in [7, 11) is -3.63. The third-order valence-corrected chi connectivity index (χ3v) is 8.23. The third-order valence-electron chi connectivity index (χ3n) is 6.28. The number of hydrogen-bond acceptors (Lipinski definition) is 5. The number of likely N-dealkylation sites (tertiary alicyclic amines) is 1. The molecule has 2 aliphatic heterocycles. The minimum atomic E-state index is -3.63. The van der Waals surface area contributed by atoms with Crippen molar-refractivity contribution in [3.8, 4) is 5.75 Å². The second kappa shape index (κ2) is 8.53. The summed E-state index contributed by atoms with van der Waals surface area (Å²) in [6.45, 7) is 4.17. The number of carbonyl (C=O) groups excluding carboxylic acids is 1. The first-order valence-electron chi connectivity index (χ1n) is 10.6. The van der Waals surface area contributed by atoms with Gasteiger partial charge in [0.15, 0.2) is 0 Å². The number of nitrogens with two attached hydrogens (primary N) is 1. The third kappa shape index (κ3) is 3.79. The van der Waals surface area contributed by atoms with Gasteiger partial charge < -0.3 is 10.5 Å². The van der Waals surface area contributed by atoms with Gasteiger partial charge in [0.2, 0.25) is 15.9 Å². The molecule has 1 amide bonds. The highest BCUT2D eigenvalue weighted by molar-refractivity contribution is 7.89. The van der Waals surface area contributed by atoms with Gasteiger partial charge in [-0.15, -0.1) is 0 Å². The van der Waals surface area contributed by atoms with E-state index < -0.39 is 10.0 Å². The average molecular weight is 432 g/mol. The first-order valence-corrected chi connectivity index (χ1v) is 12.1. The molecule has 0 saturated carbocycles. The quantitative estimate of drug-likeness (QED) is 0.758. The number of hydrogen-bond donors (Lipinski definition) is 1. The van der Waals surface area contributed by atoms with Crippen LogP contribution in [0.25, 0.3) is 10.8 Å². The van der Waals surface area contributed by atoms with Crippen molar-refractivity contribution in [2.24, 2.45) is 5.73 Å². The normalized spacial score (nSPS) is 21.8. The fourth-order valence-corrected chi connectivity index (χ4v) is 6.50. The predicted molar refractivity (Wildman–Crippen MR) is 116 cm³/mol. The van der Waals surface area contributed by atoms with Crippen LogP contribution in [0.4, 0.5) is 0 Å². The molecule has 2 aromatic rings. The molecule has 2 fully saturated rings. The molecule has 30 heavy (non-hydrogen) atoms. The molecule has 2 saturated heterocycles. The van der Waals surface area contributed by atoms with Crippen molar-refractivity contribution in [3.63, 3.8) is 0 Å². The summed E-state index contributed by atoms with van der Waals surface area (Å²) in [4.78, 5) is 14.2. The molecule has 0 aromatic heterocycles. The molecule has 2 aliphatic rings. The standard InChI is InChI=1S/C22H29N3O4S/c1-2-29-20-9-10-21(18-7-4-3-6-17(18)20)30(27,28)24-14-11-16(12-15-24)25-13-5-8-19(25)22(23)26/h3-4,6-7,9-10,16,19H,2,5,8,11-15H2,1H3,(H2,23,26)/t19-/m1/s1. The fourth-order valence-electron chi connectivity index (χ4n) is 4.83. The van der Waals surface area contributed by atoms with Gasteiger partial charge in [0.25, 0.3) is 0 Å². The van der Waals surface area contributed by atoms with Gasteiger partial charge >= 0.3 is 0 Å². The van der Waals surface area contributed by atoms with Crippen molar-refractivity contribution in [3.05, 3.63) is 36.4 Å². The van der Waals surface area contributed by atoms with Crippen molar-refractivity contribution >= 4 is 26.7 Å². The average Bonchev–Trinajstić information content (AvgIpc) is 3.24. The number of piperidine rings is 1. The van der Waals surface area contributed by atoms with E-state index in [0.29, 0.717) is 48.6 Å². The van der Waals surface area contributed by atoms with Gasteiger partial charge in [-0.05, 0) is 51.3 Å². The Kier molecular flexibility index (Phi) is 5.99. The number of rotatable bonds is 6. The van der Waals surface area contributed by atoms with Crippen LogP contribution in [0.1, 0.15) is 32.6 Å². The Morgan fingerprint density at radius 3 is 2.43 bits per heavy atom. The van der Waals surface area contributed by atoms with E-state index in [9.17, 15) is 13.2 Å². The number of carbonyl (C=O) groups is 1. The number of fused-ring (bicyclic) bond motifs is 1. The first kappa shape index (κ1) is 21.1. The Hall–Kier alpha value is -2.16. The highest BCUT2D eigenvalue weighted by Gasteiger charge is 2.38. The molecular formula is C22H29N3O4S. The van der Waals surface area contributed by atoms with E-state index in [0.717, 1.165) is 24.8 Å². The summed E-state index contributed by atoms with van der Waals surface area (Å²) in [5.41, 5.74) is 5.56. The lowest BCUT2D eigenvalue weighted by Gasteiger charge is -2.38. The van der Waals surface area contributed by atoms with E-state index in [1.165, 1.54) is 0 Å². The SMILES string of the molecule is CCOc1ccc(S(=O)(=O)N2CCC(N3CCC[C@@H]3C(N)=O)CC2)c2ccccc12. The minimum Gasteiger partial charge on any atom is -0.493 e. The van der Waals surface area contributed by atoms with Crippen LogP contribution in [0.3, 0.4) is 0 Å². The van der Waals surface area contributed by atoms with Crippen LogP contribution in [-0.4, -0.2) is 61.9 Å². The maximum Gasteiger partial charge on any atom is 0.243 e. The van der Waals surface area contributed by atoms with Crippen LogP contribution in [0.2, 0.25) is 0 Å². The van der Waals surface area contributed by atoms with E-state index in [2.05, 4.69) is 4.90 Å². The lowest BCUT2D eigenvalue weighted by atomic mass is 10.0. The van der Waals surface area contributed by atoms with Gasteiger partial charge in [0.05, 0.1) is 17.5 Å². The van der Waals surface area contributed by atoms with Gasteiger partial charge in [-0.2, -0.15) is 4.31 Å². The largest absolute Gasteiger partial charge is 0.493 e. The summed E-state index contributed by atoms with van der Waals surface area (Å²) >= 11 is 0. The number of primary amides is 1. The Balaban J connectivity index is 1.56. The molecular weight excluding hydrogens is 402 g/mol. The molecule has 7 nitrogen and oxygen atoms in total. The molecule has 0 radical (unpaired) electrons. The van der Waals surface area contributed by atoms with Crippen molar-refractivity contribution in [2.45, 2.75) is 49.6 Å². The summed E-state index contributed by atoms with van der Waals surface area (Å²) in [6.07, 6.45) is 3.17. The van der Waals surface area contributed by atoms with Crippen LogP contribution < -0.4 is 10.5 Å². The summed E-state index contributed by atoms with van der Waals surface area (Å²) in [5, 5.41) is 1.48. The van der Waals surface area contributed by atoms with Gasteiger partial charge in [-0.3, -0.25) is 9.69 Å². The van der Waals surface area contributed by atoms with Gasteiger partial charge in [-0.1, -0.05) is 24.3 Å². The zero-order chi connectivity index (χ0) is 21.3. The number of benzene rings is 2. The maximum atomic E-state index is 13.5. The molecule has 1 atom stereocenters.